The molecular weight excluding hydrogens is 658 g/mol. The van der Waals surface area contributed by atoms with Crippen LogP contribution in [0.25, 0.3) is 3.58 Å². The average molecular weight is 674 g/mol. The van der Waals surface area contributed by atoms with Gasteiger partial charge in [-0.05, 0) is 74.6 Å². The van der Waals surface area contributed by atoms with Gasteiger partial charge in [-0.2, -0.15) is 0 Å². The minimum absolute atomic E-state index is 0.235. The van der Waals surface area contributed by atoms with Crippen LogP contribution in [0.1, 0.15) is 5.56 Å². The fourth-order valence-electron chi connectivity index (χ4n) is 2.96. The molecule has 0 spiro atoms. The second kappa shape index (κ2) is 9.08. The summed E-state index contributed by atoms with van der Waals surface area (Å²) in [6.07, 6.45) is 1.89. The first-order valence-electron chi connectivity index (χ1n) is 9.09. The van der Waals surface area contributed by atoms with Gasteiger partial charge in [-0.1, -0.05) is 69.3 Å². The number of allylic oxidation sites excluding steroid dienone is 3. The highest BCUT2D eigenvalue weighted by Gasteiger charge is 2.24. The summed E-state index contributed by atoms with van der Waals surface area (Å²) in [6, 6.07) is 23.5. The number of hydrogen-bond donors (Lipinski definition) is 0. The van der Waals surface area contributed by atoms with Crippen molar-refractivity contribution >= 4 is 70.6 Å². The lowest BCUT2D eigenvalue weighted by Gasteiger charge is -2.13. The predicted molar refractivity (Wildman–Crippen MR) is 141 cm³/mol. The van der Waals surface area contributed by atoms with E-state index >= 15 is 0 Å². The normalized spacial score (nSPS) is 14.7. The fraction of sp³-hybridized carbons (Fsp3) is 0. The molecule has 0 N–H and O–H groups in total. The zero-order valence-electron chi connectivity index (χ0n) is 15.9. The summed E-state index contributed by atoms with van der Waals surface area (Å²) in [5.74, 6) is 0. The number of halogens is 2. The summed E-state index contributed by atoms with van der Waals surface area (Å²) in [5, 5.41) is 0. The summed E-state index contributed by atoms with van der Waals surface area (Å²) in [4.78, 5) is 1.12. The van der Waals surface area contributed by atoms with Gasteiger partial charge in [0.25, 0.3) is 0 Å². The van der Waals surface area contributed by atoms with Gasteiger partial charge in [-0.15, -0.1) is 0 Å². The smallest absolute Gasteiger partial charge is 0.208 e. The summed E-state index contributed by atoms with van der Waals surface area (Å²) in [7, 11) is -7.12. The van der Waals surface area contributed by atoms with Crippen LogP contribution in [-0.4, -0.2) is 20.8 Å². The predicted octanol–water partition coefficient (Wildman–Crippen LogP) is 5.77. The van der Waals surface area contributed by atoms with Gasteiger partial charge in [-0.3, -0.25) is 0 Å². The standard InChI is InChI=1S/C23H16I2O4S2/c24-21-15-22(25-16-23(21)31(28,29)19-9-5-2-6-10-19)17-11-13-20(14-12-17)30(26,27)18-7-3-1-4-8-18/h1-16H. The Hall–Kier alpha value is -1.63. The minimum atomic E-state index is -3.56. The van der Waals surface area contributed by atoms with Crippen molar-refractivity contribution in [3.05, 3.63) is 105 Å². The zero-order chi connectivity index (χ0) is 22.1. The van der Waals surface area contributed by atoms with E-state index in [1.165, 1.54) is 0 Å². The molecule has 0 saturated carbocycles. The first kappa shape index (κ1) is 22.6. The highest BCUT2D eigenvalue weighted by Crippen LogP contribution is 2.38. The van der Waals surface area contributed by atoms with Crippen LogP contribution in [0.3, 0.4) is 0 Å². The van der Waals surface area contributed by atoms with Crippen molar-refractivity contribution in [2.45, 2.75) is 14.7 Å². The van der Waals surface area contributed by atoms with E-state index in [-0.39, 0.29) is 14.7 Å². The van der Waals surface area contributed by atoms with Crippen LogP contribution in [0.15, 0.2) is 114 Å². The van der Waals surface area contributed by atoms with Gasteiger partial charge in [0.1, 0.15) is 0 Å². The van der Waals surface area contributed by atoms with Gasteiger partial charge in [-0.25, -0.2) is 16.8 Å². The van der Waals surface area contributed by atoms with Gasteiger partial charge in [0.15, 0.2) is 0 Å². The molecule has 31 heavy (non-hydrogen) atoms. The monoisotopic (exact) mass is 674 g/mol. The Morgan fingerprint density at radius 1 is 0.613 bits per heavy atom. The van der Waals surface area contributed by atoms with Crippen LogP contribution in [0.2, 0.25) is 0 Å². The summed E-state index contributed by atoms with van der Waals surface area (Å²) in [6.45, 7) is 0. The number of hydrogen-bond acceptors (Lipinski definition) is 4. The molecule has 1 heterocycles. The van der Waals surface area contributed by atoms with Crippen LogP contribution in [-0.2, 0) is 19.7 Å². The molecule has 1 aliphatic rings. The van der Waals surface area contributed by atoms with Crippen molar-refractivity contribution < 1.29 is 16.8 Å². The Morgan fingerprint density at radius 3 is 1.61 bits per heavy atom. The van der Waals surface area contributed by atoms with Gasteiger partial charge in [0.2, 0.25) is 19.7 Å². The van der Waals surface area contributed by atoms with E-state index in [9.17, 15) is 16.8 Å². The maximum atomic E-state index is 13.0. The summed E-state index contributed by atoms with van der Waals surface area (Å²) in [5.41, 5.74) is 0.904. The third-order valence-electron chi connectivity index (χ3n) is 4.60. The molecule has 8 heteroatoms. The van der Waals surface area contributed by atoms with Crippen molar-refractivity contribution in [1.82, 2.24) is 0 Å². The molecule has 4 nitrogen and oxygen atoms in total. The van der Waals surface area contributed by atoms with E-state index < -0.39 is 40.4 Å². The van der Waals surface area contributed by atoms with Crippen molar-refractivity contribution in [2.75, 3.05) is 0 Å². The van der Waals surface area contributed by atoms with Gasteiger partial charge < -0.3 is 0 Å². The Kier molecular flexibility index (Phi) is 6.61. The van der Waals surface area contributed by atoms with Gasteiger partial charge in [0, 0.05) is 7.16 Å². The van der Waals surface area contributed by atoms with E-state index in [0.717, 1.165) is 9.14 Å². The van der Waals surface area contributed by atoms with Crippen molar-refractivity contribution in [3.63, 3.8) is 0 Å². The van der Waals surface area contributed by atoms with Crippen LogP contribution >= 0.6 is 43.3 Å². The molecule has 0 amide bonds. The molecule has 0 bridgehead atoms. The Labute approximate surface area is 205 Å². The Balaban J connectivity index is 1.65. The molecule has 0 aliphatic carbocycles. The van der Waals surface area contributed by atoms with Crippen LogP contribution < -0.4 is 0 Å². The first-order chi connectivity index (χ1) is 14.8. The fourth-order valence-corrected chi connectivity index (χ4v) is 11.4. The largest absolute Gasteiger partial charge is 0.219 e. The maximum absolute atomic E-state index is 13.0. The molecule has 0 radical (unpaired) electrons. The van der Waals surface area contributed by atoms with Crippen molar-refractivity contribution in [3.8, 4) is 0 Å². The molecule has 1 aliphatic heterocycles. The quantitative estimate of drug-likeness (QED) is 0.323. The molecular formula is C23H16I2O4S2. The molecule has 4 rings (SSSR count). The lowest BCUT2D eigenvalue weighted by atomic mass is 10.2. The molecule has 3 aromatic carbocycles. The minimum Gasteiger partial charge on any atom is -0.219 e. The SMILES string of the molecule is O=S(=O)(C1=C(I)C=C(c2ccc(S(=O)(=O)c3ccccc3)cc2)I=C1)c1ccccc1. The van der Waals surface area contributed by atoms with E-state index in [2.05, 4.69) is 22.6 Å². The second-order valence-electron chi connectivity index (χ2n) is 6.58. The highest BCUT2D eigenvalue weighted by molar-refractivity contribution is 14.2. The zero-order valence-corrected chi connectivity index (χ0v) is 21.9. The van der Waals surface area contributed by atoms with Crippen LogP contribution in [0.4, 0.5) is 0 Å². The molecule has 158 valence electrons. The lowest BCUT2D eigenvalue weighted by molar-refractivity contribution is 0.595. The highest BCUT2D eigenvalue weighted by atomic mass is 127. The lowest BCUT2D eigenvalue weighted by Crippen LogP contribution is -2.08. The molecule has 0 saturated heterocycles. The van der Waals surface area contributed by atoms with E-state index in [1.54, 1.807) is 84.9 Å². The number of sulfone groups is 2. The number of benzene rings is 3. The van der Waals surface area contributed by atoms with Gasteiger partial charge >= 0.3 is 0 Å². The molecule has 0 atom stereocenters. The number of rotatable bonds is 5. The molecule has 0 fully saturated rings. The average Bonchev–Trinajstić information content (AvgIpc) is 2.80. The van der Waals surface area contributed by atoms with E-state index in [0.29, 0.717) is 8.48 Å². The third kappa shape index (κ3) is 4.62. The molecule has 3 aromatic rings. The summed E-state index contributed by atoms with van der Waals surface area (Å²) < 4.78 is 55.0. The van der Waals surface area contributed by atoms with Crippen molar-refractivity contribution in [2.24, 2.45) is 0 Å². The first-order valence-corrected chi connectivity index (χ1v) is 15.5. The topological polar surface area (TPSA) is 68.3 Å². The maximum Gasteiger partial charge on any atom is 0.208 e. The van der Waals surface area contributed by atoms with Crippen LogP contribution in [0, 0.1) is 0 Å². The second-order valence-corrected chi connectivity index (χ2v) is 14.0. The Bertz CT molecular complexity index is 1420. The third-order valence-corrected chi connectivity index (χ3v) is 12.4. The molecule has 0 aromatic heterocycles. The Morgan fingerprint density at radius 2 is 1.10 bits per heavy atom. The summed E-state index contributed by atoms with van der Waals surface area (Å²) >= 11 is 1.36. The molecule has 0 unspecified atom stereocenters. The van der Waals surface area contributed by atoms with Gasteiger partial charge in [0.05, 0.1) is 19.6 Å². The van der Waals surface area contributed by atoms with Crippen LogP contribution in [0.5, 0.6) is 0 Å². The van der Waals surface area contributed by atoms with E-state index in [1.807, 2.05) is 10.1 Å². The van der Waals surface area contributed by atoms with Crippen molar-refractivity contribution in [1.29, 1.82) is 0 Å². The van der Waals surface area contributed by atoms with E-state index in [4.69, 9.17) is 0 Å².